The van der Waals surface area contributed by atoms with E-state index >= 15 is 0 Å². The van der Waals surface area contributed by atoms with Crippen molar-refractivity contribution < 1.29 is 27.5 Å². The van der Waals surface area contributed by atoms with E-state index in [1.54, 1.807) is 0 Å². The van der Waals surface area contributed by atoms with E-state index < -0.39 is 23.5 Å². The molecule has 0 amide bonds. The fourth-order valence-corrected chi connectivity index (χ4v) is 1.98. The molecule has 114 valence electrons. The predicted octanol–water partition coefficient (Wildman–Crippen LogP) is 4.61. The van der Waals surface area contributed by atoms with Crippen molar-refractivity contribution in [2.45, 2.75) is 6.18 Å². The van der Waals surface area contributed by atoms with Crippen LogP contribution in [0.2, 0.25) is 0 Å². The van der Waals surface area contributed by atoms with E-state index in [-0.39, 0.29) is 16.7 Å². The van der Waals surface area contributed by atoms with Gasteiger partial charge in [0.1, 0.15) is 5.82 Å². The third-order valence-electron chi connectivity index (χ3n) is 2.90. The van der Waals surface area contributed by atoms with Crippen LogP contribution in [0.4, 0.5) is 17.6 Å². The molecule has 0 spiro atoms. The first-order chi connectivity index (χ1) is 10.3. The maximum atomic E-state index is 13.2. The molecule has 0 aliphatic carbocycles. The minimum absolute atomic E-state index is 0.0925. The zero-order valence-corrected chi connectivity index (χ0v) is 11.1. The van der Waals surface area contributed by atoms with Gasteiger partial charge in [-0.1, -0.05) is 24.3 Å². The zero-order chi connectivity index (χ0) is 16.3. The average Bonchev–Trinajstić information content (AvgIpc) is 2.44. The third-order valence-corrected chi connectivity index (χ3v) is 2.90. The molecular formula is C16H10F4O2. The van der Waals surface area contributed by atoms with Crippen LogP contribution in [0.3, 0.4) is 0 Å². The topological polar surface area (TPSA) is 37.3 Å². The molecule has 2 rings (SSSR count). The van der Waals surface area contributed by atoms with Gasteiger partial charge >= 0.3 is 12.1 Å². The Balaban J connectivity index is 2.57. The molecule has 2 nitrogen and oxygen atoms in total. The first kappa shape index (κ1) is 15.8. The van der Waals surface area contributed by atoms with Crippen LogP contribution in [0.5, 0.6) is 0 Å². The van der Waals surface area contributed by atoms with Crippen molar-refractivity contribution in [3.8, 4) is 11.1 Å². The summed E-state index contributed by atoms with van der Waals surface area (Å²) in [5.41, 5.74) is -0.930. The molecule has 0 unspecified atom stereocenters. The summed E-state index contributed by atoms with van der Waals surface area (Å²) in [5.74, 6) is -1.90. The highest BCUT2D eigenvalue weighted by Crippen LogP contribution is 2.38. The van der Waals surface area contributed by atoms with Crippen LogP contribution in [0, 0.1) is 5.82 Å². The number of rotatable bonds is 3. The van der Waals surface area contributed by atoms with Gasteiger partial charge in [0.05, 0.1) is 5.56 Å². The zero-order valence-electron chi connectivity index (χ0n) is 11.1. The van der Waals surface area contributed by atoms with Gasteiger partial charge in [0.25, 0.3) is 0 Å². The van der Waals surface area contributed by atoms with Crippen LogP contribution in [0.15, 0.2) is 48.5 Å². The lowest BCUT2D eigenvalue weighted by atomic mass is 9.97. The molecular weight excluding hydrogens is 300 g/mol. The molecule has 0 radical (unpaired) electrons. The highest BCUT2D eigenvalue weighted by Gasteiger charge is 2.33. The molecule has 2 aromatic carbocycles. The lowest BCUT2D eigenvalue weighted by Gasteiger charge is -2.14. The summed E-state index contributed by atoms with van der Waals surface area (Å²) in [4.78, 5) is 10.4. The molecule has 0 aliphatic heterocycles. The van der Waals surface area contributed by atoms with E-state index in [1.807, 2.05) is 0 Å². The third kappa shape index (κ3) is 3.72. The molecule has 2 aromatic rings. The SMILES string of the molecule is O=C(O)C=Cc1ccc(-c2cccc(F)c2)c(C(F)(F)F)c1. The largest absolute Gasteiger partial charge is 0.478 e. The maximum absolute atomic E-state index is 13.2. The van der Waals surface area contributed by atoms with Gasteiger partial charge in [-0.15, -0.1) is 0 Å². The van der Waals surface area contributed by atoms with Crippen molar-refractivity contribution in [3.05, 3.63) is 65.5 Å². The minimum atomic E-state index is -4.64. The standard InChI is InChI=1S/C16H10F4O2/c17-12-3-1-2-11(9-12)13-6-4-10(5-7-15(21)22)8-14(13)16(18,19)20/h1-9H,(H,21,22). The number of aliphatic carboxylic acids is 1. The molecule has 6 heteroatoms. The number of carbonyl (C=O) groups is 1. The smallest absolute Gasteiger partial charge is 0.417 e. The monoisotopic (exact) mass is 310 g/mol. The van der Waals surface area contributed by atoms with Gasteiger partial charge in [0, 0.05) is 6.08 Å². The predicted molar refractivity (Wildman–Crippen MR) is 73.5 cm³/mol. The second-order valence-electron chi connectivity index (χ2n) is 4.48. The second-order valence-corrected chi connectivity index (χ2v) is 4.48. The molecule has 0 heterocycles. The number of hydrogen-bond acceptors (Lipinski definition) is 1. The molecule has 1 N–H and O–H groups in total. The maximum Gasteiger partial charge on any atom is 0.417 e. The number of hydrogen-bond donors (Lipinski definition) is 1. The number of alkyl halides is 3. The number of benzene rings is 2. The van der Waals surface area contributed by atoms with Gasteiger partial charge in [-0.3, -0.25) is 0 Å². The van der Waals surface area contributed by atoms with E-state index in [1.165, 1.54) is 24.3 Å². The van der Waals surface area contributed by atoms with Crippen molar-refractivity contribution in [2.24, 2.45) is 0 Å². The summed E-state index contributed by atoms with van der Waals surface area (Å²) in [6.45, 7) is 0. The summed E-state index contributed by atoms with van der Waals surface area (Å²) >= 11 is 0. The summed E-state index contributed by atoms with van der Waals surface area (Å²) in [6, 6.07) is 8.22. The summed E-state index contributed by atoms with van der Waals surface area (Å²) in [5, 5.41) is 8.52. The van der Waals surface area contributed by atoms with Crippen molar-refractivity contribution in [3.63, 3.8) is 0 Å². The van der Waals surface area contributed by atoms with Crippen LogP contribution >= 0.6 is 0 Å². The van der Waals surface area contributed by atoms with Crippen molar-refractivity contribution in [1.82, 2.24) is 0 Å². The minimum Gasteiger partial charge on any atom is -0.478 e. The normalized spacial score (nSPS) is 11.8. The molecule has 0 fully saturated rings. The first-order valence-corrected chi connectivity index (χ1v) is 6.15. The van der Waals surface area contributed by atoms with E-state index in [4.69, 9.17) is 5.11 Å². The van der Waals surface area contributed by atoms with Crippen LogP contribution < -0.4 is 0 Å². The average molecular weight is 310 g/mol. The molecule has 0 saturated carbocycles. The first-order valence-electron chi connectivity index (χ1n) is 6.15. The molecule has 0 atom stereocenters. The Kier molecular flexibility index (Phi) is 4.30. The second kappa shape index (κ2) is 6.01. The summed E-state index contributed by atoms with van der Waals surface area (Å²) < 4.78 is 52.8. The lowest BCUT2D eigenvalue weighted by molar-refractivity contribution is -0.137. The Morgan fingerprint density at radius 3 is 2.41 bits per heavy atom. The van der Waals surface area contributed by atoms with Gasteiger partial charge in [0.15, 0.2) is 0 Å². The summed E-state index contributed by atoms with van der Waals surface area (Å²) in [7, 11) is 0. The highest BCUT2D eigenvalue weighted by atomic mass is 19.4. The van der Waals surface area contributed by atoms with Crippen LogP contribution in [-0.2, 0) is 11.0 Å². The Labute approximate surface area is 123 Å². The van der Waals surface area contributed by atoms with Crippen molar-refractivity contribution >= 4 is 12.0 Å². The summed E-state index contributed by atoms with van der Waals surface area (Å²) in [6.07, 6.45) is -2.83. The molecule has 22 heavy (non-hydrogen) atoms. The quantitative estimate of drug-likeness (QED) is 0.664. The Morgan fingerprint density at radius 1 is 1.09 bits per heavy atom. The molecule has 0 saturated heterocycles. The number of carboxylic acids is 1. The van der Waals surface area contributed by atoms with E-state index in [0.717, 1.165) is 30.4 Å². The number of carboxylic acid groups (broad SMARTS) is 1. The molecule has 0 bridgehead atoms. The van der Waals surface area contributed by atoms with Crippen molar-refractivity contribution in [1.29, 1.82) is 0 Å². The highest BCUT2D eigenvalue weighted by molar-refractivity contribution is 5.85. The number of halogens is 4. The fraction of sp³-hybridized carbons (Fsp3) is 0.0625. The Bertz CT molecular complexity index is 733. The van der Waals surface area contributed by atoms with Crippen LogP contribution in [-0.4, -0.2) is 11.1 Å². The van der Waals surface area contributed by atoms with E-state index in [9.17, 15) is 22.4 Å². The fourth-order valence-electron chi connectivity index (χ4n) is 1.98. The van der Waals surface area contributed by atoms with Gasteiger partial charge < -0.3 is 5.11 Å². The van der Waals surface area contributed by atoms with Gasteiger partial charge in [-0.05, 0) is 41.0 Å². The Hall–Kier alpha value is -2.63. The molecule has 0 aliphatic rings. The van der Waals surface area contributed by atoms with Crippen molar-refractivity contribution in [2.75, 3.05) is 0 Å². The van der Waals surface area contributed by atoms with Gasteiger partial charge in [0.2, 0.25) is 0 Å². The lowest BCUT2D eigenvalue weighted by Crippen LogP contribution is -2.07. The molecule has 0 aromatic heterocycles. The van der Waals surface area contributed by atoms with E-state index in [2.05, 4.69) is 0 Å². The van der Waals surface area contributed by atoms with Gasteiger partial charge in [-0.2, -0.15) is 13.2 Å². The van der Waals surface area contributed by atoms with Crippen LogP contribution in [0.25, 0.3) is 17.2 Å². The van der Waals surface area contributed by atoms with E-state index in [0.29, 0.717) is 0 Å². The Morgan fingerprint density at radius 2 is 1.82 bits per heavy atom. The van der Waals surface area contributed by atoms with Gasteiger partial charge in [-0.25, -0.2) is 9.18 Å². The van der Waals surface area contributed by atoms with Crippen LogP contribution in [0.1, 0.15) is 11.1 Å².